The van der Waals surface area contributed by atoms with Crippen LogP contribution in [0.5, 0.6) is 0 Å². The van der Waals surface area contributed by atoms with Crippen LogP contribution < -0.4 is 10.6 Å². The maximum absolute atomic E-state index is 13.6. The van der Waals surface area contributed by atoms with Crippen LogP contribution in [-0.2, 0) is 54.3 Å². The number of fused-ring (bicyclic) bond motifs is 2. The van der Waals surface area contributed by atoms with Crippen LogP contribution in [0, 0.1) is 35.5 Å². The average Bonchev–Trinajstić information content (AvgIpc) is 1.63. The number of alkyl carbamates (subject to hydrolysis) is 2. The van der Waals surface area contributed by atoms with Crippen molar-refractivity contribution < 1.29 is 38.2 Å². The minimum absolute atomic E-state index is 0. The van der Waals surface area contributed by atoms with Gasteiger partial charge in [0.05, 0.1) is 73.5 Å². The minimum Gasteiger partial charge on any atom is -0.453 e. The highest BCUT2D eigenvalue weighted by atomic mass is 32.1. The van der Waals surface area contributed by atoms with Gasteiger partial charge in [0, 0.05) is 62.3 Å². The van der Waals surface area contributed by atoms with Gasteiger partial charge in [-0.25, -0.2) is 19.6 Å². The summed E-state index contributed by atoms with van der Waals surface area (Å²) >= 11 is 0. The zero-order chi connectivity index (χ0) is 72.5. The maximum Gasteiger partial charge on any atom is 0.407 e. The number of likely N-dealkylation sites (tertiary alicyclic amines) is 4. The molecule has 4 saturated heterocycles. The highest BCUT2D eigenvalue weighted by Crippen LogP contribution is 2.39. The summed E-state index contributed by atoms with van der Waals surface area (Å²) in [6.45, 7) is 23.1. The Morgan fingerprint density at radius 1 is 0.445 bits per heavy atom. The van der Waals surface area contributed by atoms with Crippen LogP contribution in [0.2, 0.25) is 0 Å². The van der Waals surface area contributed by atoms with E-state index in [4.69, 9.17) is 29.4 Å². The van der Waals surface area contributed by atoms with Gasteiger partial charge in [0.2, 0.25) is 23.6 Å². The monoisotopic (exact) mass is 1660 g/mol. The third-order valence-corrected chi connectivity index (χ3v) is 21.6. The van der Waals surface area contributed by atoms with Gasteiger partial charge in [-0.05, 0) is 145 Å². The number of hydrogen-bond acceptors (Lipinski definition) is 12. The van der Waals surface area contributed by atoms with E-state index in [9.17, 15) is 28.8 Å². The number of nitrogens with one attached hydrogen (secondary N) is 4. The number of rotatable bonds is 22. The topological polar surface area (TPSA) is 240 Å². The fraction of sp³-hybridized carbons (Fsp3) is 0.488. The van der Waals surface area contributed by atoms with E-state index in [0.717, 1.165) is 158 Å². The molecular weight excluding hydrogens is 1540 g/mol. The number of aliphatic imine (C=N–C) groups is 2. The summed E-state index contributed by atoms with van der Waals surface area (Å²) in [5, 5.41) is 5.45. The Kier molecular flexibility index (Phi) is 39.6. The zero-order valence-corrected chi connectivity index (χ0v) is 73.6. The molecule has 8 heterocycles. The van der Waals surface area contributed by atoms with E-state index in [2.05, 4.69) is 158 Å². The predicted octanol–water partition coefficient (Wildman–Crippen LogP) is 15.5. The molecule has 0 aliphatic carbocycles. The Hall–Kier alpha value is -6.66. The van der Waals surface area contributed by atoms with Gasteiger partial charge < -0.3 is 49.7 Å². The second-order valence-electron chi connectivity index (χ2n) is 29.8. The van der Waals surface area contributed by atoms with Crippen molar-refractivity contribution in [1.29, 1.82) is 0 Å². The number of allylic oxidation sites excluding steroid dienone is 2. The van der Waals surface area contributed by atoms with Crippen molar-refractivity contribution in [2.24, 2.45) is 45.5 Å². The Bertz CT molecular complexity index is 4150. The lowest BCUT2D eigenvalue weighted by Crippen LogP contribution is -2.53. The minimum atomic E-state index is -0.641. The van der Waals surface area contributed by atoms with Crippen LogP contribution >= 0.6 is 108 Å². The van der Waals surface area contributed by atoms with Crippen LogP contribution in [0.1, 0.15) is 178 Å². The molecule has 0 saturated carbocycles. The third-order valence-electron chi connectivity index (χ3n) is 21.6. The van der Waals surface area contributed by atoms with E-state index < -0.39 is 24.3 Å². The molecule has 6 amide bonds. The molecule has 110 heavy (non-hydrogen) atoms. The standard InChI is InChI=1S/2C41H52N6O4.8H2S/c2*1-25(2)27(5)39(48)47-21-9-13-36(47)38-42-24-34(44-38)30-17-14-28(15-18-30)10-7-11-29-16-19-31-23-33(43-32(31)22-29)35-12-8-20-46(35)40(49)37(26(3)4)45-41(50)51-6;;;;;;;;/h7,11,14-19,22,24-27,35-37H,8-10,12-13,20-21,23H2,1-6H3,(H,42,44)(H,45,50);7,10,14-19,22,24-27,35-37H,8-9,11-13,20-21,23H2,1-6H3,(H,42,44)(H,45,50);8*1H2/t2*27-,35-,36?,37-;;;;;;;;/m00......../s1. The van der Waals surface area contributed by atoms with Crippen molar-refractivity contribution in [2.75, 3.05) is 40.4 Å². The number of aromatic amines is 2. The van der Waals surface area contributed by atoms with Crippen molar-refractivity contribution in [3.63, 3.8) is 0 Å². The van der Waals surface area contributed by atoms with Crippen molar-refractivity contribution in [3.8, 4) is 22.5 Å². The molecular formula is C82H120N12O8S8. The quantitative estimate of drug-likeness (QED) is 0.0501. The number of aromatic nitrogens is 4. The number of amides is 6. The SMILES string of the molecule is COC(=O)N[C@H](C(=O)N1CCC[C@H]1C1=Nc2cc(C=CCc3ccc(-c4cnc(C5CCCN5C(=O)[C@@H](C)C(C)C)[nH]4)cc3)ccc2C1)C(C)C.COC(=O)N[C@H](C(=O)N1CCC[C@H]1C1=Nc2cc(CC=Cc3ccc(-c4cnc(C5CCCN5C(=O)[C@@H](C)C(C)C)[nH]4)cc3)ccc2C1)C(C)C.S.S.S.S.S.S.S.S. The fourth-order valence-electron chi connectivity index (χ4n) is 14.9. The van der Waals surface area contributed by atoms with Gasteiger partial charge in [-0.15, -0.1) is 0 Å². The first kappa shape index (κ1) is 97.5. The molecule has 604 valence electrons. The van der Waals surface area contributed by atoms with Gasteiger partial charge in [-0.3, -0.25) is 29.2 Å². The molecule has 4 N–H and O–H groups in total. The highest BCUT2D eigenvalue weighted by Gasteiger charge is 2.42. The third kappa shape index (κ3) is 23.3. The number of benzene rings is 4. The number of H-pyrrole nitrogens is 2. The number of hydrogen-bond donors (Lipinski definition) is 4. The molecule has 2 aromatic heterocycles. The molecule has 0 bridgehead atoms. The number of carbonyl (C=O) groups is 6. The van der Waals surface area contributed by atoms with Crippen LogP contribution in [-0.4, -0.2) is 151 Å². The van der Waals surface area contributed by atoms with E-state index >= 15 is 0 Å². The van der Waals surface area contributed by atoms with E-state index in [1.54, 1.807) is 0 Å². The number of methoxy groups -OCH3 is 2. The van der Waals surface area contributed by atoms with E-state index in [1.807, 2.05) is 73.5 Å². The highest BCUT2D eigenvalue weighted by molar-refractivity contribution is 7.60. The van der Waals surface area contributed by atoms with E-state index in [0.29, 0.717) is 24.9 Å². The lowest BCUT2D eigenvalue weighted by Gasteiger charge is -2.30. The Morgan fingerprint density at radius 3 is 1.21 bits per heavy atom. The van der Waals surface area contributed by atoms with Crippen LogP contribution in [0.3, 0.4) is 0 Å². The first-order valence-electron chi connectivity index (χ1n) is 37.0. The smallest absolute Gasteiger partial charge is 0.407 e. The van der Waals surface area contributed by atoms with Crippen LogP contribution in [0.25, 0.3) is 34.7 Å². The maximum atomic E-state index is 13.6. The summed E-state index contributed by atoms with van der Waals surface area (Å²) in [7, 11) is 2.62. The summed E-state index contributed by atoms with van der Waals surface area (Å²) in [6, 6.07) is 28.4. The Balaban J connectivity index is 0.000000532. The molecule has 4 aromatic carbocycles. The predicted molar refractivity (Wildman–Crippen MR) is 484 cm³/mol. The Labute approximate surface area is 707 Å². The first-order chi connectivity index (χ1) is 49.1. The zero-order valence-electron chi connectivity index (χ0n) is 65.6. The fourth-order valence-corrected chi connectivity index (χ4v) is 14.9. The van der Waals surface area contributed by atoms with Crippen LogP contribution in [0.4, 0.5) is 21.0 Å². The summed E-state index contributed by atoms with van der Waals surface area (Å²) in [5.74, 6) is 2.50. The molecule has 4 fully saturated rings. The van der Waals surface area contributed by atoms with Gasteiger partial charge in [-0.2, -0.15) is 108 Å². The molecule has 6 aliphatic heterocycles. The normalized spacial score (nSPS) is 18.4. The molecule has 0 spiro atoms. The Morgan fingerprint density at radius 2 is 0.800 bits per heavy atom. The van der Waals surface area contributed by atoms with Crippen molar-refractivity contribution in [1.82, 2.24) is 50.2 Å². The molecule has 2 unspecified atom stereocenters. The lowest BCUT2D eigenvalue weighted by atomic mass is 9.96. The molecule has 28 heteroatoms. The number of carbonyl (C=O) groups excluding carboxylic acids is 6. The van der Waals surface area contributed by atoms with E-state index in [1.165, 1.54) is 36.5 Å². The molecule has 20 nitrogen and oxygen atoms in total. The molecule has 6 aromatic rings. The largest absolute Gasteiger partial charge is 0.453 e. The van der Waals surface area contributed by atoms with Crippen molar-refractivity contribution in [2.45, 2.75) is 183 Å². The molecule has 8 atom stereocenters. The average molecular weight is 1660 g/mol. The summed E-state index contributed by atoms with van der Waals surface area (Å²) in [6.07, 6.45) is 21.6. The van der Waals surface area contributed by atoms with Gasteiger partial charge in [0.25, 0.3) is 0 Å². The summed E-state index contributed by atoms with van der Waals surface area (Å²) < 4.78 is 9.54. The summed E-state index contributed by atoms with van der Waals surface area (Å²) in [5.41, 5.74) is 15.0. The van der Waals surface area contributed by atoms with Gasteiger partial charge in [0.1, 0.15) is 23.7 Å². The van der Waals surface area contributed by atoms with Crippen molar-refractivity contribution in [3.05, 3.63) is 155 Å². The van der Waals surface area contributed by atoms with Gasteiger partial charge in [0.15, 0.2) is 0 Å². The molecule has 0 radical (unpaired) electrons. The second kappa shape index (κ2) is 44.7. The number of imidazole rings is 2. The summed E-state index contributed by atoms with van der Waals surface area (Å²) in [4.78, 5) is 111. The first-order valence-corrected chi connectivity index (χ1v) is 37.0. The van der Waals surface area contributed by atoms with Crippen LogP contribution in [0.15, 0.2) is 119 Å². The molecule has 6 aliphatic rings. The van der Waals surface area contributed by atoms with Gasteiger partial charge >= 0.3 is 12.2 Å². The van der Waals surface area contributed by atoms with Crippen molar-refractivity contribution >= 4 is 179 Å². The molecule has 12 rings (SSSR count). The number of ether oxygens (including phenoxy) is 2. The second-order valence-corrected chi connectivity index (χ2v) is 29.8. The lowest BCUT2D eigenvalue weighted by molar-refractivity contribution is -0.138. The van der Waals surface area contributed by atoms with E-state index in [-0.39, 0.29) is 179 Å². The number of nitrogens with zero attached hydrogens (tertiary/aromatic N) is 8. The van der Waals surface area contributed by atoms with Gasteiger partial charge in [-0.1, -0.05) is 166 Å².